The average Bonchev–Trinajstić information content (AvgIpc) is 2.40. The third-order valence-corrected chi connectivity index (χ3v) is 4.86. The van der Waals surface area contributed by atoms with Crippen LogP contribution in [0.2, 0.25) is 10.0 Å². The Hall–Kier alpha value is -1.41. The lowest BCUT2D eigenvalue weighted by Crippen LogP contribution is -2.16. The maximum atomic E-state index is 12.3. The Morgan fingerprint density at radius 2 is 1.95 bits per heavy atom. The fraction of sp³-hybridized carbons (Fsp3) is 0. The van der Waals surface area contributed by atoms with E-state index in [4.69, 9.17) is 41.2 Å². The molecule has 0 bridgehead atoms. The summed E-state index contributed by atoms with van der Waals surface area (Å²) < 4.78 is 26.9. The number of rotatable bonds is 4. The van der Waals surface area contributed by atoms with Gasteiger partial charge in [-0.25, -0.2) is 13.4 Å². The van der Waals surface area contributed by atoms with Gasteiger partial charge in [-0.1, -0.05) is 41.5 Å². The number of hydrogen-bond acceptors (Lipinski definition) is 4. The van der Waals surface area contributed by atoms with Crippen LogP contribution >= 0.6 is 35.4 Å². The first-order valence-corrected chi connectivity index (χ1v) is 8.18. The van der Waals surface area contributed by atoms with E-state index in [-0.39, 0.29) is 25.7 Å². The predicted molar refractivity (Wildman–Crippen MR) is 87.4 cm³/mol. The Bertz CT molecular complexity index is 810. The van der Waals surface area contributed by atoms with Crippen LogP contribution in [-0.2, 0) is 10.0 Å². The van der Waals surface area contributed by atoms with Crippen molar-refractivity contribution in [3.05, 3.63) is 52.1 Å². The molecule has 21 heavy (non-hydrogen) atoms. The van der Waals surface area contributed by atoms with Gasteiger partial charge in [0.05, 0.1) is 10.0 Å². The molecule has 9 heteroatoms. The van der Waals surface area contributed by atoms with Crippen molar-refractivity contribution in [1.29, 1.82) is 0 Å². The molecule has 1 heterocycles. The topological polar surface area (TPSA) is 85.1 Å². The van der Waals surface area contributed by atoms with E-state index in [0.717, 1.165) is 0 Å². The van der Waals surface area contributed by atoms with Gasteiger partial charge in [-0.2, -0.15) is 0 Å². The van der Waals surface area contributed by atoms with Crippen LogP contribution in [-0.4, -0.2) is 18.4 Å². The van der Waals surface area contributed by atoms with Crippen LogP contribution in [0.4, 0.5) is 5.82 Å². The molecule has 0 saturated carbocycles. The maximum absolute atomic E-state index is 12.3. The van der Waals surface area contributed by atoms with Crippen LogP contribution in [0.1, 0.15) is 5.56 Å². The van der Waals surface area contributed by atoms with Crippen LogP contribution in [0.25, 0.3) is 0 Å². The van der Waals surface area contributed by atoms with Gasteiger partial charge in [0, 0.05) is 11.8 Å². The van der Waals surface area contributed by atoms with E-state index in [1.54, 1.807) is 6.07 Å². The summed E-state index contributed by atoms with van der Waals surface area (Å²) in [5.74, 6) is 0.0219. The van der Waals surface area contributed by atoms with Crippen LogP contribution in [0.3, 0.4) is 0 Å². The highest BCUT2D eigenvalue weighted by atomic mass is 35.5. The van der Waals surface area contributed by atoms with Gasteiger partial charge in [0.2, 0.25) is 0 Å². The molecular formula is C12H9Cl2N3O2S2. The molecule has 1 aromatic carbocycles. The molecule has 0 fully saturated rings. The van der Waals surface area contributed by atoms with Crippen LogP contribution in [0, 0.1) is 0 Å². The lowest BCUT2D eigenvalue weighted by molar-refractivity contribution is 0.601. The van der Waals surface area contributed by atoms with Gasteiger partial charge in [0.15, 0.2) is 5.82 Å². The number of sulfonamides is 1. The first-order valence-electron chi connectivity index (χ1n) is 5.54. The number of benzene rings is 1. The van der Waals surface area contributed by atoms with Gasteiger partial charge in [0.25, 0.3) is 10.0 Å². The van der Waals surface area contributed by atoms with E-state index < -0.39 is 10.0 Å². The summed E-state index contributed by atoms with van der Waals surface area (Å²) in [5, 5.41) is 0.178. The second kappa shape index (κ2) is 6.15. The summed E-state index contributed by atoms with van der Waals surface area (Å²) in [6, 6.07) is 7.28. The van der Waals surface area contributed by atoms with Crippen LogP contribution in [0.5, 0.6) is 0 Å². The van der Waals surface area contributed by atoms with Crippen LogP contribution in [0.15, 0.2) is 41.4 Å². The lowest BCUT2D eigenvalue weighted by atomic mass is 10.2. The Morgan fingerprint density at radius 3 is 2.52 bits per heavy atom. The van der Waals surface area contributed by atoms with Crippen molar-refractivity contribution in [2.45, 2.75) is 4.90 Å². The van der Waals surface area contributed by atoms with Gasteiger partial charge in [-0.15, -0.1) is 0 Å². The minimum Gasteiger partial charge on any atom is -0.389 e. The zero-order chi connectivity index (χ0) is 15.6. The second-order valence-corrected chi connectivity index (χ2v) is 6.85. The monoisotopic (exact) mass is 361 g/mol. The second-order valence-electron chi connectivity index (χ2n) is 3.95. The Labute approximate surface area is 137 Å². The quantitative estimate of drug-likeness (QED) is 0.817. The van der Waals surface area contributed by atoms with Gasteiger partial charge >= 0.3 is 0 Å². The van der Waals surface area contributed by atoms with Crippen molar-refractivity contribution in [2.24, 2.45) is 5.73 Å². The third kappa shape index (κ3) is 3.62. The summed E-state index contributed by atoms with van der Waals surface area (Å²) in [6.07, 6.45) is 1.42. The number of thiocarbonyl (C=S) groups is 1. The molecule has 0 aliphatic carbocycles. The summed E-state index contributed by atoms with van der Waals surface area (Å²) in [6.45, 7) is 0. The molecule has 0 spiro atoms. The Kier molecular flexibility index (Phi) is 4.67. The molecule has 1 aromatic heterocycles. The summed E-state index contributed by atoms with van der Waals surface area (Å²) in [5.41, 5.74) is 5.94. The number of pyridine rings is 1. The normalized spacial score (nSPS) is 11.1. The molecule has 0 saturated heterocycles. The first kappa shape index (κ1) is 16.0. The molecular weight excluding hydrogens is 353 g/mol. The number of aromatic nitrogens is 1. The zero-order valence-corrected chi connectivity index (χ0v) is 13.5. The largest absolute Gasteiger partial charge is 0.389 e. The summed E-state index contributed by atoms with van der Waals surface area (Å²) in [4.78, 5) is 3.87. The number of hydrogen-bond donors (Lipinski definition) is 2. The van der Waals surface area contributed by atoms with E-state index in [0.29, 0.717) is 5.56 Å². The molecule has 0 aliphatic heterocycles. The van der Waals surface area contributed by atoms with Gasteiger partial charge < -0.3 is 5.73 Å². The Balaban J connectivity index is 2.41. The number of halogens is 2. The van der Waals surface area contributed by atoms with Gasteiger partial charge in [-0.05, 0) is 24.3 Å². The lowest BCUT2D eigenvalue weighted by Gasteiger charge is -2.10. The average molecular weight is 362 g/mol. The first-order chi connectivity index (χ1) is 9.81. The predicted octanol–water partition coefficient (Wildman–Crippen LogP) is 2.82. The minimum atomic E-state index is -3.92. The highest BCUT2D eigenvalue weighted by Crippen LogP contribution is 2.26. The molecule has 0 atom stereocenters. The summed E-state index contributed by atoms with van der Waals surface area (Å²) in [7, 11) is -3.92. The number of nitrogens with one attached hydrogen (secondary N) is 1. The molecule has 0 aliphatic rings. The highest BCUT2D eigenvalue weighted by molar-refractivity contribution is 7.92. The van der Waals surface area contributed by atoms with Crippen molar-refractivity contribution in [3.63, 3.8) is 0 Å². The summed E-state index contributed by atoms with van der Waals surface area (Å²) >= 11 is 16.7. The van der Waals surface area contributed by atoms with E-state index in [9.17, 15) is 8.42 Å². The zero-order valence-electron chi connectivity index (χ0n) is 10.4. The molecule has 0 unspecified atom stereocenters. The van der Waals surface area contributed by atoms with E-state index in [2.05, 4.69) is 9.71 Å². The SMILES string of the molecule is NC(=S)c1ccc(S(=O)(=O)Nc2ncccc2Cl)c(Cl)c1. The third-order valence-electron chi connectivity index (χ3n) is 2.50. The molecule has 0 amide bonds. The van der Waals surface area contributed by atoms with E-state index >= 15 is 0 Å². The fourth-order valence-electron chi connectivity index (χ4n) is 1.52. The van der Waals surface area contributed by atoms with Gasteiger partial charge in [-0.3, -0.25) is 4.72 Å². The van der Waals surface area contributed by atoms with Gasteiger partial charge in [0.1, 0.15) is 9.88 Å². The molecule has 110 valence electrons. The molecule has 2 rings (SSSR count). The fourth-order valence-corrected chi connectivity index (χ4v) is 3.44. The van der Waals surface area contributed by atoms with Crippen molar-refractivity contribution < 1.29 is 8.42 Å². The van der Waals surface area contributed by atoms with Crippen molar-refractivity contribution in [2.75, 3.05) is 4.72 Å². The van der Waals surface area contributed by atoms with Crippen molar-refractivity contribution in [1.82, 2.24) is 4.98 Å². The number of nitrogens with zero attached hydrogens (tertiary/aromatic N) is 1. The maximum Gasteiger partial charge on any atom is 0.264 e. The van der Waals surface area contributed by atoms with E-state index in [1.807, 2.05) is 0 Å². The smallest absolute Gasteiger partial charge is 0.264 e. The number of anilines is 1. The van der Waals surface area contributed by atoms with Crippen molar-refractivity contribution in [3.8, 4) is 0 Å². The molecule has 3 N–H and O–H groups in total. The highest BCUT2D eigenvalue weighted by Gasteiger charge is 2.20. The van der Waals surface area contributed by atoms with Crippen LogP contribution < -0.4 is 10.5 Å². The van der Waals surface area contributed by atoms with E-state index in [1.165, 1.54) is 30.5 Å². The number of nitrogens with two attached hydrogens (primary N) is 1. The standard InChI is InChI=1S/C12H9Cl2N3O2S2/c13-8-2-1-5-16-12(8)17-21(18,19)10-4-3-7(11(15)20)6-9(10)14/h1-6H,(H2,15,20)(H,16,17). The molecule has 5 nitrogen and oxygen atoms in total. The molecule has 2 aromatic rings. The Morgan fingerprint density at radius 1 is 1.24 bits per heavy atom. The minimum absolute atomic E-state index is 0.000136. The van der Waals surface area contributed by atoms with Crippen molar-refractivity contribution >= 4 is 56.2 Å². The molecule has 0 radical (unpaired) electrons.